The van der Waals surface area contributed by atoms with E-state index in [0.29, 0.717) is 17.4 Å². The molecule has 3 heteroatoms. The van der Waals surface area contributed by atoms with Crippen molar-refractivity contribution in [3.63, 3.8) is 0 Å². The van der Waals surface area contributed by atoms with Crippen LogP contribution < -0.4 is 5.32 Å². The second kappa shape index (κ2) is 5.13. The SMILES string of the molecule is CC(C)C1CNCCC1c1cc(F)ccc1F. The zero-order valence-corrected chi connectivity index (χ0v) is 10.3. The van der Waals surface area contributed by atoms with Gasteiger partial charge in [-0.1, -0.05) is 13.8 Å². The molecule has 1 aliphatic rings. The predicted octanol–water partition coefficient (Wildman–Crippen LogP) is 3.31. The quantitative estimate of drug-likeness (QED) is 0.835. The Morgan fingerprint density at radius 2 is 2.06 bits per heavy atom. The van der Waals surface area contributed by atoms with Crippen molar-refractivity contribution in [2.24, 2.45) is 11.8 Å². The fourth-order valence-corrected chi connectivity index (χ4v) is 2.77. The molecule has 2 rings (SSSR count). The molecule has 1 aliphatic heterocycles. The average molecular weight is 239 g/mol. The molecule has 0 bridgehead atoms. The summed E-state index contributed by atoms with van der Waals surface area (Å²) in [5.41, 5.74) is 0.546. The van der Waals surface area contributed by atoms with Gasteiger partial charge in [0.25, 0.3) is 0 Å². The lowest BCUT2D eigenvalue weighted by Crippen LogP contribution is -2.38. The molecule has 94 valence electrons. The topological polar surface area (TPSA) is 12.0 Å². The van der Waals surface area contributed by atoms with Crippen molar-refractivity contribution in [3.8, 4) is 0 Å². The molecule has 2 unspecified atom stereocenters. The molecule has 0 spiro atoms. The first-order valence-corrected chi connectivity index (χ1v) is 6.25. The number of piperidine rings is 1. The van der Waals surface area contributed by atoms with Crippen LogP contribution in [0.25, 0.3) is 0 Å². The molecule has 17 heavy (non-hydrogen) atoms. The standard InChI is InChI=1S/C14H19F2N/c1-9(2)13-8-17-6-5-11(13)12-7-10(15)3-4-14(12)16/h3-4,7,9,11,13,17H,5-6,8H2,1-2H3. The lowest BCUT2D eigenvalue weighted by atomic mass is 9.75. The van der Waals surface area contributed by atoms with Gasteiger partial charge in [-0.15, -0.1) is 0 Å². The molecule has 1 saturated heterocycles. The van der Waals surface area contributed by atoms with E-state index in [1.165, 1.54) is 18.2 Å². The van der Waals surface area contributed by atoms with Gasteiger partial charge in [-0.2, -0.15) is 0 Å². The fraction of sp³-hybridized carbons (Fsp3) is 0.571. The van der Waals surface area contributed by atoms with Crippen molar-refractivity contribution >= 4 is 0 Å². The Bertz CT molecular complexity index is 390. The minimum Gasteiger partial charge on any atom is -0.316 e. The van der Waals surface area contributed by atoms with Crippen LogP contribution in [-0.2, 0) is 0 Å². The third-order valence-electron chi connectivity index (χ3n) is 3.74. The highest BCUT2D eigenvalue weighted by Crippen LogP contribution is 2.36. The molecule has 1 nitrogen and oxygen atoms in total. The maximum Gasteiger partial charge on any atom is 0.126 e. The molecule has 2 atom stereocenters. The summed E-state index contributed by atoms with van der Waals surface area (Å²) in [6.07, 6.45) is 0.878. The van der Waals surface area contributed by atoms with Gasteiger partial charge in [0.15, 0.2) is 0 Å². The molecular formula is C14H19F2N. The summed E-state index contributed by atoms with van der Waals surface area (Å²) in [6, 6.07) is 3.79. The molecule has 0 aliphatic carbocycles. The Balaban J connectivity index is 2.32. The van der Waals surface area contributed by atoms with E-state index in [4.69, 9.17) is 0 Å². The van der Waals surface area contributed by atoms with E-state index in [9.17, 15) is 8.78 Å². The van der Waals surface area contributed by atoms with Crippen molar-refractivity contribution in [1.29, 1.82) is 0 Å². The summed E-state index contributed by atoms with van der Waals surface area (Å²) < 4.78 is 27.1. The van der Waals surface area contributed by atoms with Gasteiger partial charge < -0.3 is 5.32 Å². The lowest BCUT2D eigenvalue weighted by molar-refractivity contribution is 0.250. The summed E-state index contributed by atoms with van der Waals surface area (Å²) in [6.45, 7) is 6.05. The van der Waals surface area contributed by atoms with Crippen LogP contribution >= 0.6 is 0 Å². The Hall–Kier alpha value is -0.960. The molecule has 0 saturated carbocycles. The van der Waals surface area contributed by atoms with Crippen LogP contribution in [0.15, 0.2) is 18.2 Å². The Labute approximate surface area is 101 Å². The third kappa shape index (κ3) is 2.65. The Morgan fingerprint density at radius 3 is 2.76 bits per heavy atom. The first kappa shape index (κ1) is 12.5. The molecule has 1 aromatic rings. The number of nitrogens with one attached hydrogen (secondary N) is 1. The van der Waals surface area contributed by atoms with Gasteiger partial charge in [-0.05, 0) is 61.0 Å². The molecule has 0 radical (unpaired) electrons. The monoisotopic (exact) mass is 239 g/mol. The summed E-state index contributed by atoms with van der Waals surface area (Å²) in [5, 5.41) is 3.33. The van der Waals surface area contributed by atoms with E-state index in [0.717, 1.165) is 19.5 Å². The molecule has 0 amide bonds. The smallest absolute Gasteiger partial charge is 0.126 e. The van der Waals surface area contributed by atoms with Crippen LogP contribution in [0.2, 0.25) is 0 Å². The maximum atomic E-state index is 13.8. The van der Waals surface area contributed by atoms with Crippen LogP contribution in [0.4, 0.5) is 8.78 Å². The highest BCUT2D eigenvalue weighted by Gasteiger charge is 2.30. The van der Waals surface area contributed by atoms with Crippen LogP contribution in [0.5, 0.6) is 0 Å². The molecular weight excluding hydrogens is 220 g/mol. The zero-order chi connectivity index (χ0) is 12.4. The first-order valence-electron chi connectivity index (χ1n) is 6.25. The normalized spacial score (nSPS) is 25.2. The predicted molar refractivity (Wildman–Crippen MR) is 64.9 cm³/mol. The van der Waals surface area contributed by atoms with E-state index in [1.807, 2.05) is 0 Å². The van der Waals surface area contributed by atoms with Crippen molar-refractivity contribution in [2.75, 3.05) is 13.1 Å². The summed E-state index contributed by atoms with van der Waals surface area (Å²) in [5.74, 6) is 0.355. The van der Waals surface area contributed by atoms with Crippen LogP contribution in [0.1, 0.15) is 31.7 Å². The summed E-state index contributed by atoms with van der Waals surface area (Å²) in [7, 11) is 0. The van der Waals surface area contributed by atoms with Crippen molar-refractivity contribution in [1.82, 2.24) is 5.32 Å². The lowest BCUT2D eigenvalue weighted by Gasteiger charge is -2.35. The van der Waals surface area contributed by atoms with Gasteiger partial charge in [-0.25, -0.2) is 8.78 Å². The largest absolute Gasteiger partial charge is 0.316 e. The summed E-state index contributed by atoms with van der Waals surface area (Å²) >= 11 is 0. The Morgan fingerprint density at radius 1 is 1.29 bits per heavy atom. The van der Waals surface area contributed by atoms with Crippen LogP contribution in [0, 0.1) is 23.5 Å². The molecule has 0 aromatic heterocycles. The van der Waals surface area contributed by atoms with Crippen molar-refractivity contribution in [3.05, 3.63) is 35.4 Å². The van der Waals surface area contributed by atoms with E-state index in [-0.39, 0.29) is 17.6 Å². The van der Waals surface area contributed by atoms with Gasteiger partial charge in [0.1, 0.15) is 11.6 Å². The minimum absolute atomic E-state index is 0.131. The van der Waals surface area contributed by atoms with Gasteiger partial charge in [0.2, 0.25) is 0 Å². The maximum absolute atomic E-state index is 13.8. The van der Waals surface area contributed by atoms with E-state index < -0.39 is 0 Å². The molecule has 1 fully saturated rings. The van der Waals surface area contributed by atoms with Gasteiger partial charge in [-0.3, -0.25) is 0 Å². The second-order valence-electron chi connectivity index (χ2n) is 5.17. The first-order chi connectivity index (χ1) is 8.09. The zero-order valence-electron chi connectivity index (χ0n) is 10.3. The number of rotatable bonds is 2. The highest BCUT2D eigenvalue weighted by atomic mass is 19.1. The van der Waals surface area contributed by atoms with Gasteiger partial charge >= 0.3 is 0 Å². The number of halogens is 2. The molecule has 1 heterocycles. The van der Waals surface area contributed by atoms with E-state index >= 15 is 0 Å². The molecule has 1 N–H and O–H groups in total. The van der Waals surface area contributed by atoms with E-state index in [1.54, 1.807) is 0 Å². The van der Waals surface area contributed by atoms with Gasteiger partial charge in [0.05, 0.1) is 0 Å². The highest BCUT2D eigenvalue weighted by molar-refractivity contribution is 5.24. The van der Waals surface area contributed by atoms with Crippen LogP contribution in [0.3, 0.4) is 0 Å². The summed E-state index contributed by atoms with van der Waals surface area (Å²) in [4.78, 5) is 0. The van der Waals surface area contributed by atoms with E-state index in [2.05, 4.69) is 19.2 Å². The third-order valence-corrected chi connectivity index (χ3v) is 3.74. The van der Waals surface area contributed by atoms with Crippen LogP contribution in [-0.4, -0.2) is 13.1 Å². The number of hydrogen-bond acceptors (Lipinski definition) is 1. The van der Waals surface area contributed by atoms with Crippen molar-refractivity contribution in [2.45, 2.75) is 26.2 Å². The average Bonchev–Trinajstić information content (AvgIpc) is 2.32. The number of benzene rings is 1. The Kier molecular flexibility index (Phi) is 3.77. The number of hydrogen-bond donors (Lipinski definition) is 1. The second-order valence-corrected chi connectivity index (χ2v) is 5.17. The fourth-order valence-electron chi connectivity index (χ4n) is 2.77. The van der Waals surface area contributed by atoms with Crippen molar-refractivity contribution < 1.29 is 8.78 Å². The molecule has 1 aromatic carbocycles. The minimum atomic E-state index is -0.345. The van der Waals surface area contributed by atoms with Gasteiger partial charge in [0, 0.05) is 0 Å².